The molecule has 1 rings (SSSR count). The quantitative estimate of drug-likeness (QED) is 0.291. The Bertz CT molecular complexity index is 471. The fraction of sp³-hybridized carbons (Fsp3) is 0.556. The second-order valence-corrected chi connectivity index (χ2v) is 5.47. The number of benzene rings is 1. The summed E-state index contributed by atoms with van der Waals surface area (Å²) in [6.45, 7) is 2.11. The van der Waals surface area contributed by atoms with Crippen LogP contribution in [0.15, 0.2) is 24.3 Å². The molecule has 4 heteroatoms. The molecule has 1 aromatic carbocycles. The van der Waals surface area contributed by atoms with Gasteiger partial charge >= 0.3 is 5.97 Å². The van der Waals surface area contributed by atoms with Crippen molar-refractivity contribution in [1.82, 2.24) is 0 Å². The van der Waals surface area contributed by atoms with Gasteiger partial charge in [-0.3, -0.25) is 9.59 Å². The van der Waals surface area contributed by atoms with E-state index in [0.717, 1.165) is 19.3 Å². The number of hydrogen-bond donors (Lipinski definition) is 1. The molecule has 0 spiro atoms. The van der Waals surface area contributed by atoms with Gasteiger partial charge in [-0.15, -0.1) is 0 Å². The molecule has 0 unspecified atom stereocenters. The molecule has 0 atom stereocenters. The average Bonchev–Trinajstić information content (AvgIpc) is 2.54. The molecular weight excluding hydrogens is 278 g/mol. The molecule has 0 radical (unpaired) electrons. The Balaban J connectivity index is 2.32. The van der Waals surface area contributed by atoms with Gasteiger partial charge in [0.25, 0.3) is 0 Å². The predicted octanol–water partition coefficient (Wildman–Crippen LogP) is 3.87. The van der Waals surface area contributed by atoms with Crippen LogP contribution in [0.25, 0.3) is 0 Å². The van der Waals surface area contributed by atoms with Gasteiger partial charge in [0.2, 0.25) is 0 Å². The summed E-state index contributed by atoms with van der Waals surface area (Å²) in [5.74, 6) is -0.198. The van der Waals surface area contributed by atoms with Crippen LogP contribution >= 0.6 is 0 Å². The number of carbonyl (C=O) groups excluding carboxylic acids is 2. The lowest BCUT2D eigenvalue weighted by molar-refractivity contribution is -0.134. The number of para-hydroxylation sites is 1. The average molecular weight is 305 g/mol. The lowest BCUT2D eigenvalue weighted by atomic mass is 10.1. The first-order valence-corrected chi connectivity index (χ1v) is 8.22. The number of nitrogens with two attached hydrogens (primary N) is 1. The highest BCUT2D eigenvalue weighted by molar-refractivity contribution is 6.00. The Kier molecular flexibility index (Phi) is 9.15. The number of esters is 1. The maximum Gasteiger partial charge on any atom is 0.311 e. The zero-order chi connectivity index (χ0) is 16.2. The molecule has 0 bridgehead atoms. The van der Waals surface area contributed by atoms with Crippen molar-refractivity contribution in [3.05, 3.63) is 29.8 Å². The summed E-state index contributed by atoms with van der Waals surface area (Å²) in [6.07, 6.45) is 8.46. The number of unbranched alkanes of at least 4 members (excludes halogenated alkanes) is 6. The summed E-state index contributed by atoms with van der Waals surface area (Å²) in [7, 11) is 0. The first kappa shape index (κ1) is 18.4. The third kappa shape index (κ3) is 6.85. The standard InChI is InChI=1S/C18H27NO3/c1-2-3-4-5-6-7-8-13-18(21)22-17-12-10-9-11-15(17)16(20)14-19/h9-12H,2-8,13-14,19H2,1H3. The molecule has 0 heterocycles. The minimum atomic E-state index is -0.286. The third-order valence-electron chi connectivity index (χ3n) is 3.58. The lowest BCUT2D eigenvalue weighted by Crippen LogP contribution is -2.16. The molecule has 0 saturated carbocycles. The molecule has 0 saturated heterocycles. The molecule has 0 aromatic heterocycles. The van der Waals surface area contributed by atoms with E-state index < -0.39 is 0 Å². The van der Waals surface area contributed by atoms with Crippen molar-refractivity contribution in [1.29, 1.82) is 0 Å². The van der Waals surface area contributed by atoms with Crippen LogP contribution in [-0.4, -0.2) is 18.3 Å². The van der Waals surface area contributed by atoms with Crippen LogP contribution in [0.5, 0.6) is 5.75 Å². The molecule has 0 aliphatic rings. The minimum Gasteiger partial charge on any atom is -0.426 e. The van der Waals surface area contributed by atoms with E-state index in [1.165, 1.54) is 25.7 Å². The van der Waals surface area contributed by atoms with E-state index in [0.29, 0.717) is 17.7 Å². The van der Waals surface area contributed by atoms with E-state index >= 15 is 0 Å². The van der Waals surface area contributed by atoms with Gasteiger partial charge in [-0.25, -0.2) is 0 Å². The van der Waals surface area contributed by atoms with Crippen LogP contribution in [0.1, 0.15) is 68.6 Å². The molecular formula is C18H27NO3. The number of Topliss-reactive ketones (excluding diaryl/α,β-unsaturated/α-hetero) is 1. The van der Waals surface area contributed by atoms with Crippen molar-refractivity contribution < 1.29 is 14.3 Å². The Hall–Kier alpha value is -1.68. The largest absolute Gasteiger partial charge is 0.426 e. The second-order valence-electron chi connectivity index (χ2n) is 5.47. The minimum absolute atomic E-state index is 0.0909. The van der Waals surface area contributed by atoms with Gasteiger partial charge in [-0.05, 0) is 18.6 Å². The van der Waals surface area contributed by atoms with E-state index in [1.54, 1.807) is 24.3 Å². The van der Waals surface area contributed by atoms with Crippen molar-refractivity contribution in [2.75, 3.05) is 6.54 Å². The van der Waals surface area contributed by atoms with E-state index in [9.17, 15) is 9.59 Å². The predicted molar refractivity (Wildman–Crippen MR) is 88.1 cm³/mol. The summed E-state index contributed by atoms with van der Waals surface area (Å²) >= 11 is 0. The fourth-order valence-corrected chi connectivity index (χ4v) is 2.30. The smallest absolute Gasteiger partial charge is 0.311 e. The SMILES string of the molecule is CCCCCCCCCC(=O)Oc1ccccc1C(=O)CN. The van der Waals surface area contributed by atoms with Crippen molar-refractivity contribution in [2.45, 2.75) is 58.3 Å². The molecule has 2 N–H and O–H groups in total. The highest BCUT2D eigenvalue weighted by Crippen LogP contribution is 2.19. The highest BCUT2D eigenvalue weighted by atomic mass is 16.5. The summed E-state index contributed by atoms with van der Waals surface area (Å²) in [6, 6.07) is 6.73. The van der Waals surface area contributed by atoms with Gasteiger partial charge in [-0.1, -0.05) is 57.6 Å². The van der Waals surface area contributed by atoms with Crippen molar-refractivity contribution >= 4 is 11.8 Å². The molecule has 1 aromatic rings. The molecule has 0 amide bonds. The number of rotatable bonds is 11. The van der Waals surface area contributed by atoms with Gasteiger partial charge in [0, 0.05) is 6.42 Å². The lowest BCUT2D eigenvalue weighted by Gasteiger charge is -2.08. The zero-order valence-corrected chi connectivity index (χ0v) is 13.5. The summed E-state index contributed by atoms with van der Waals surface area (Å²) in [5.41, 5.74) is 5.73. The van der Waals surface area contributed by atoms with Crippen molar-refractivity contribution in [2.24, 2.45) is 5.73 Å². The van der Waals surface area contributed by atoms with Crippen LogP contribution in [0.4, 0.5) is 0 Å². The summed E-state index contributed by atoms with van der Waals surface area (Å²) in [5, 5.41) is 0. The van der Waals surface area contributed by atoms with Crippen LogP contribution in [0, 0.1) is 0 Å². The van der Waals surface area contributed by atoms with Crippen molar-refractivity contribution in [3.8, 4) is 5.75 Å². The van der Waals surface area contributed by atoms with Crippen LogP contribution in [0.3, 0.4) is 0 Å². The molecule has 122 valence electrons. The number of ether oxygens (including phenoxy) is 1. The maximum absolute atomic E-state index is 11.8. The third-order valence-corrected chi connectivity index (χ3v) is 3.58. The van der Waals surface area contributed by atoms with Crippen LogP contribution in [0.2, 0.25) is 0 Å². The maximum atomic E-state index is 11.8. The Morgan fingerprint density at radius 1 is 1.00 bits per heavy atom. The fourth-order valence-electron chi connectivity index (χ4n) is 2.30. The number of hydrogen-bond acceptors (Lipinski definition) is 4. The van der Waals surface area contributed by atoms with Crippen LogP contribution < -0.4 is 10.5 Å². The van der Waals surface area contributed by atoms with Gasteiger partial charge in [0.1, 0.15) is 5.75 Å². The molecule has 22 heavy (non-hydrogen) atoms. The number of carbonyl (C=O) groups is 2. The normalized spacial score (nSPS) is 10.5. The summed E-state index contributed by atoms with van der Waals surface area (Å²) < 4.78 is 5.30. The zero-order valence-electron chi connectivity index (χ0n) is 13.5. The first-order valence-electron chi connectivity index (χ1n) is 8.22. The van der Waals surface area contributed by atoms with E-state index in [1.807, 2.05) is 0 Å². The van der Waals surface area contributed by atoms with Gasteiger partial charge < -0.3 is 10.5 Å². The topological polar surface area (TPSA) is 69.4 Å². The highest BCUT2D eigenvalue weighted by Gasteiger charge is 2.13. The first-order chi connectivity index (χ1) is 10.7. The van der Waals surface area contributed by atoms with E-state index in [-0.39, 0.29) is 18.3 Å². The van der Waals surface area contributed by atoms with Gasteiger partial charge in [0.05, 0.1) is 12.1 Å². The van der Waals surface area contributed by atoms with E-state index in [4.69, 9.17) is 10.5 Å². The van der Waals surface area contributed by atoms with Gasteiger partial charge in [0.15, 0.2) is 5.78 Å². The summed E-state index contributed by atoms with van der Waals surface area (Å²) in [4.78, 5) is 23.5. The second kappa shape index (κ2) is 11.0. The number of ketones is 1. The molecule has 0 aliphatic carbocycles. The van der Waals surface area contributed by atoms with Crippen LogP contribution in [-0.2, 0) is 4.79 Å². The van der Waals surface area contributed by atoms with Gasteiger partial charge in [-0.2, -0.15) is 0 Å². The van der Waals surface area contributed by atoms with E-state index in [2.05, 4.69) is 6.92 Å². The monoisotopic (exact) mass is 305 g/mol. The van der Waals surface area contributed by atoms with Crippen molar-refractivity contribution in [3.63, 3.8) is 0 Å². The molecule has 0 fully saturated rings. The Labute approximate surface area is 133 Å². The Morgan fingerprint density at radius 2 is 1.64 bits per heavy atom. The molecule has 0 aliphatic heterocycles. The Morgan fingerprint density at radius 3 is 2.32 bits per heavy atom. The molecule has 4 nitrogen and oxygen atoms in total.